The van der Waals surface area contributed by atoms with Gasteiger partial charge in [-0.2, -0.15) is 24.5 Å². The fourth-order valence-corrected chi connectivity index (χ4v) is 4.21. The zero-order chi connectivity index (χ0) is 20.6. The summed E-state index contributed by atoms with van der Waals surface area (Å²) >= 11 is 1.68. The van der Waals surface area contributed by atoms with E-state index < -0.39 is 21.9 Å². The van der Waals surface area contributed by atoms with Gasteiger partial charge in [-0.1, -0.05) is 30.3 Å². The van der Waals surface area contributed by atoms with Gasteiger partial charge in [-0.05, 0) is 29.8 Å². The van der Waals surface area contributed by atoms with Crippen LogP contribution < -0.4 is 9.62 Å². The predicted molar refractivity (Wildman–Crippen MR) is 112 cm³/mol. The molecule has 0 radical (unpaired) electrons. The Labute approximate surface area is 169 Å². The fraction of sp³-hybridized carbons (Fsp3) is 0.316. The molecule has 0 fully saturated rings. The number of nitrogens with zero attached hydrogens (tertiary/aromatic N) is 2. The summed E-state index contributed by atoms with van der Waals surface area (Å²) in [5.41, 5.74) is 1.43. The second-order valence-electron chi connectivity index (χ2n) is 6.16. The van der Waals surface area contributed by atoms with Crippen molar-refractivity contribution in [3.63, 3.8) is 0 Å². The molecule has 2 aromatic rings. The summed E-state index contributed by atoms with van der Waals surface area (Å²) in [5.74, 6) is 0.645. The van der Waals surface area contributed by atoms with Crippen LogP contribution in [-0.4, -0.2) is 51.6 Å². The lowest BCUT2D eigenvalue weighted by Crippen LogP contribution is -2.46. The number of halogens is 1. The van der Waals surface area contributed by atoms with Gasteiger partial charge in [0, 0.05) is 32.1 Å². The molecule has 2 rings (SSSR count). The quantitative estimate of drug-likeness (QED) is 0.594. The summed E-state index contributed by atoms with van der Waals surface area (Å²) < 4.78 is 40.3. The van der Waals surface area contributed by atoms with Crippen LogP contribution in [0.15, 0.2) is 54.6 Å². The number of rotatable bonds is 10. The van der Waals surface area contributed by atoms with Crippen LogP contribution in [0.2, 0.25) is 0 Å². The summed E-state index contributed by atoms with van der Waals surface area (Å²) in [6.45, 7) is 0.0467. The van der Waals surface area contributed by atoms with E-state index >= 15 is 0 Å². The lowest BCUT2D eigenvalue weighted by molar-refractivity contribution is -0.119. The minimum atomic E-state index is -3.89. The molecule has 0 aliphatic heterocycles. The monoisotopic (exact) mass is 425 g/mol. The molecule has 1 N–H and O–H groups in total. The first kappa shape index (κ1) is 22.2. The number of amides is 1. The van der Waals surface area contributed by atoms with Crippen LogP contribution in [0.1, 0.15) is 5.56 Å². The summed E-state index contributed by atoms with van der Waals surface area (Å²) in [7, 11) is -1.14. The van der Waals surface area contributed by atoms with Crippen LogP contribution in [0, 0.1) is 5.82 Å². The van der Waals surface area contributed by atoms with Gasteiger partial charge in [0.25, 0.3) is 0 Å². The highest BCUT2D eigenvalue weighted by Gasteiger charge is 2.27. The van der Waals surface area contributed by atoms with Crippen molar-refractivity contribution in [3.05, 3.63) is 66.0 Å². The van der Waals surface area contributed by atoms with E-state index in [2.05, 4.69) is 5.32 Å². The molecule has 0 aromatic heterocycles. The van der Waals surface area contributed by atoms with E-state index in [1.807, 2.05) is 30.3 Å². The Morgan fingerprint density at radius 2 is 1.71 bits per heavy atom. The third kappa shape index (κ3) is 6.50. The molecule has 2 aromatic carbocycles. The first-order valence-electron chi connectivity index (χ1n) is 8.65. The Morgan fingerprint density at radius 3 is 2.32 bits per heavy atom. The van der Waals surface area contributed by atoms with Crippen LogP contribution >= 0.6 is 11.8 Å². The maximum atomic E-state index is 13.2. The van der Waals surface area contributed by atoms with Crippen LogP contribution in [0.4, 0.5) is 10.1 Å². The Hall–Kier alpha value is -2.10. The number of carbonyl (C=O) groups excluding carboxylic acids is 1. The maximum absolute atomic E-state index is 13.2. The standard InChI is InChI=1S/C19H24FN3O3S2/c1-22(2)28(25,26)23(18-10-8-17(20)9-11-18)14-19(24)21-12-13-27-15-16-6-4-3-5-7-16/h3-11H,12-15H2,1-2H3,(H,21,24). The van der Waals surface area contributed by atoms with E-state index in [9.17, 15) is 17.6 Å². The van der Waals surface area contributed by atoms with E-state index in [4.69, 9.17) is 0 Å². The van der Waals surface area contributed by atoms with Crippen molar-refractivity contribution < 1.29 is 17.6 Å². The normalized spacial score (nSPS) is 11.4. The molecule has 0 saturated heterocycles. The molecule has 28 heavy (non-hydrogen) atoms. The largest absolute Gasteiger partial charge is 0.354 e. The first-order chi connectivity index (χ1) is 13.3. The minimum absolute atomic E-state index is 0.226. The molecule has 0 saturated carbocycles. The zero-order valence-electron chi connectivity index (χ0n) is 15.8. The first-order valence-corrected chi connectivity index (χ1v) is 11.2. The molecule has 0 atom stereocenters. The van der Waals surface area contributed by atoms with Gasteiger partial charge in [-0.15, -0.1) is 0 Å². The van der Waals surface area contributed by atoms with Crippen LogP contribution in [-0.2, 0) is 20.8 Å². The zero-order valence-corrected chi connectivity index (χ0v) is 17.5. The van der Waals surface area contributed by atoms with Crippen LogP contribution in [0.3, 0.4) is 0 Å². The molecule has 0 aliphatic rings. The van der Waals surface area contributed by atoms with Crippen molar-refractivity contribution in [2.45, 2.75) is 5.75 Å². The Kier molecular flexibility index (Phi) is 8.28. The highest BCUT2D eigenvalue weighted by Crippen LogP contribution is 2.19. The van der Waals surface area contributed by atoms with E-state index in [0.717, 1.165) is 26.5 Å². The van der Waals surface area contributed by atoms with E-state index in [-0.39, 0.29) is 12.2 Å². The second-order valence-corrected chi connectivity index (χ2v) is 9.33. The molecule has 0 heterocycles. The van der Waals surface area contributed by atoms with Gasteiger partial charge in [-0.25, -0.2) is 8.70 Å². The number of benzene rings is 2. The number of hydrogen-bond acceptors (Lipinski definition) is 4. The molecule has 0 aliphatic carbocycles. The number of carbonyl (C=O) groups is 1. The van der Waals surface area contributed by atoms with Crippen molar-refractivity contribution in [2.24, 2.45) is 0 Å². The molecule has 152 valence electrons. The van der Waals surface area contributed by atoms with Gasteiger partial charge >= 0.3 is 10.2 Å². The Morgan fingerprint density at radius 1 is 1.07 bits per heavy atom. The van der Waals surface area contributed by atoms with Gasteiger partial charge in [-0.3, -0.25) is 4.79 Å². The lowest BCUT2D eigenvalue weighted by Gasteiger charge is -2.26. The maximum Gasteiger partial charge on any atom is 0.304 e. The highest BCUT2D eigenvalue weighted by atomic mass is 32.2. The van der Waals surface area contributed by atoms with Gasteiger partial charge in [0.05, 0.1) is 5.69 Å². The van der Waals surface area contributed by atoms with Crippen molar-refractivity contribution in [1.82, 2.24) is 9.62 Å². The average Bonchev–Trinajstić information content (AvgIpc) is 2.67. The molecule has 9 heteroatoms. The number of thioether (sulfide) groups is 1. The Balaban J connectivity index is 1.90. The van der Waals surface area contributed by atoms with E-state index in [1.165, 1.54) is 31.8 Å². The fourth-order valence-electron chi connectivity index (χ4n) is 2.32. The number of nitrogens with one attached hydrogen (secondary N) is 1. The molecule has 6 nitrogen and oxygen atoms in total. The lowest BCUT2D eigenvalue weighted by atomic mass is 10.2. The Bertz CT molecular complexity index is 860. The van der Waals surface area contributed by atoms with Gasteiger partial charge in [0.1, 0.15) is 12.4 Å². The minimum Gasteiger partial charge on any atom is -0.354 e. The van der Waals surface area contributed by atoms with Gasteiger partial charge in [0.2, 0.25) is 5.91 Å². The van der Waals surface area contributed by atoms with Gasteiger partial charge in [0.15, 0.2) is 0 Å². The van der Waals surface area contributed by atoms with Crippen molar-refractivity contribution in [3.8, 4) is 0 Å². The summed E-state index contributed by atoms with van der Waals surface area (Å²) in [6, 6.07) is 15.0. The van der Waals surface area contributed by atoms with Crippen LogP contribution in [0.5, 0.6) is 0 Å². The summed E-state index contributed by atoms with van der Waals surface area (Å²) in [5, 5.41) is 2.73. The molecule has 0 unspecified atom stereocenters. The van der Waals surface area contributed by atoms with E-state index in [0.29, 0.717) is 12.3 Å². The third-order valence-corrected chi connectivity index (χ3v) is 6.67. The van der Waals surface area contributed by atoms with Crippen molar-refractivity contribution >= 4 is 33.6 Å². The van der Waals surface area contributed by atoms with Gasteiger partial charge < -0.3 is 5.32 Å². The molecule has 0 spiro atoms. The molecular formula is C19H24FN3O3S2. The molecule has 0 bridgehead atoms. The predicted octanol–water partition coefficient (Wildman–Crippen LogP) is 2.49. The highest BCUT2D eigenvalue weighted by molar-refractivity contribution is 7.98. The molecular weight excluding hydrogens is 401 g/mol. The summed E-state index contributed by atoms with van der Waals surface area (Å²) in [4.78, 5) is 12.3. The van der Waals surface area contributed by atoms with E-state index in [1.54, 1.807) is 11.8 Å². The molecule has 1 amide bonds. The summed E-state index contributed by atoms with van der Waals surface area (Å²) in [6.07, 6.45) is 0. The smallest absolute Gasteiger partial charge is 0.304 e. The SMILES string of the molecule is CN(C)S(=O)(=O)N(CC(=O)NCCSCc1ccccc1)c1ccc(F)cc1. The average molecular weight is 426 g/mol. The number of anilines is 1. The van der Waals surface area contributed by atoms with Crippen molar-refractivity contribution in [2.75, 3.05) is 37.2 Å². The topological polar surface area (TPSA) is 69.7 Å². The number of hydrogen-bond donors (Lipinski definition) is 1. The van der Waals surface area contributed by atoms with Crippen molar-refractivity contribution in [1.29, 1.82) is 0 Å². The second kappa shape index (κ2) is 10.4. The third-order valence-electron chi connectivity index (χ3n) is 3.82. The van der Waals surface area contributed by atoms with Crippen LogP contribution in [0.25, 0.3) is 0 Å².